The third-order valence-electron chi connectivity index (χ3n) is 6.05. The van der Waals surface area contributed by atoms with Gasteiger partial charge >= 0.3 is 5.97 Å². The Bertz CT molecular complexity index is 1380. The van der Waals surface area contributed by atoms with Gasteiger partial charge in [-0.2, -0.15) is 10.5 Å². The molecule has 1 aromatic heterocycles. The van der Waals surface area contributed by atoms with Gasteiger partial charge in [0.25, 0.3) is 0 Å². The van der Waals surface area contributed by atoms with Crippen LogP contribution in [0, 0.1) is 36.5 Å². The zero-order valence-electron chi connectivity index (χ0n) is 21.5. The molecule has 9 nitrogen and oxygen atoms in total. The highest BCUT2D eigenvalue weighted by Gasteiger charge is 2.40. The largest absolute Gasteiger partial charge is 0.491 e. The number of carbonyl (C=O) groups is 1. The summed E-state index contributed by atoms with van der Waals surface area (Å²) >= 11 is 0. The van der Waals surface area contributed by atoms with Crippen molar-refractivity contribution in [3.8, 4) is 23.6 Å². The highest BCUT2D eigenvalue weighted by molar-refractivity contribution is 6.23. The monoisotopic (exact) mass is 512 g/mol. The third kappa shape index (κ3) is 6.20. The van der Waals surface area contributed by atoms with Crippen LogP contribution in [0.3, 0.4) is 0 Å². The van der Waals surface area contributed by atoms with E-state index >= 15 is 0 Å². The number of ether oxygens (including phenoxy) is 4. The predicted molar refractivity (Wildman–Crippen MR) is 139 cm³/mol. The van der Waals surface area contributed by atoms with Crippen molar-refractivity contribution in [3.63, 3.8) is 0 Å². The quantitative estimate of drug-likeness (QED) is 0.295. The minimum Gasteiger partial charge on any atom is -0.491 e. The average molecular weight is 513 g/mol. The Labute approximate surface area is 221 Å². The number of esters is 1. The van der Waals surface area contributed by atoms with Gasteiger partial charge in [0.15, 0.2) is 5.82 Å². The molecular weight excluding hydrogens is 484 g/mol. The SMILES string of the molecule is CCOC(=O)/C=N/c1c(C#N)c(C#N)cn1[C@H]1C[C@H](Oc2ccc(C)cc2)[C@@H](COc2ccc(C)cc2)O1. The fourth-order valence-corrected chi connectivity index (χ4v) is 4.10. The topological polar surface area (TPSA) is 119 Å². The molecule has 0 N–H and O–H groups in total. The summed E-state index contributed by atoms with van der Waals surface area (Å²) in [4.78, 5) is 16.1. The standard InChI is InChI=1S/C29H28N4O5/c1-4-35-28(34)16-32-29-24(15-31)21(14-30)17-33(29)27-13-25(37-23-11-7-20(3)8-12-23)26(38-27)18-36-22-9-5-19(2)6-10-22/h5-12,16-17,25-27H,4,13,18H2,1-3H3/b32-16+/t25-,26+,27+/m0/s1. The second-order valence-electron chi connectivity index (χ2n) is 8.84. The van der Waals surface area contributed by atoms with Crippen LogP contribution in [-0.2, 0) is 14.3 Å². The number of benzene rings is 2. The van der Waals surface area contributed by atoms with Crippen LogP contribution in [0.1, 0.15) is 41.8 Å². The van der Waals surface area contributed by atoms with Gasteiger partial charge in [0.1, 0.15) is 60.5 Å². The van der Waals surface area contributed by atoms with E-state index in [2.05, 4.69) is 4.99 Å². The van der Waals surface area contributed by atoms with Gasteiger partial charge in [-0.1, -0.05) is 35.4 Å². The second kappa shape index (κ2) is 12.1. The Balaban J connectivity index is 1.62. The molecule has 1 aliphatic rings. The van der Waals surface area contributed by atoms with Gasteiger partial charge in [0.2, 0.25) is 0 Å². The number of hydrogen-bond acceptors (Lipinski definition) is 8. The first-order valence-corrected chi connectivity index (χ1v) is 12.3. The molecule has 0 spiro atoms. The Morgan fingerprint density at radius 1 is 1.08 bits per heavy atom. The van der Waals surface area contributed by atoms with Crippen molar-refractivity contribution in [1.82, 2.24) is 4.57 Å². The molecule has 1 aliphatic heterocycles. The molecular formula is C29H28N4O5. The molecule has 2 heterocycles. The number of nitrogens with zero attached hydrogens (tertiary/aromatic N) is 4. The Hall–Kier alpha value is -4.60. The van der Waals surface area contributed by atoms with Gasteiger partial charge in [0, 0.05) is 12.6 Å². The molecule has 9 heteroatoms. The minimum atomic E-state index is -0.653. The summed E-state index contributed by atoms with van der Waals surface area (Å²) in [5, 5.41) is 19.3. The molecule has 1 saturated heterocycles. The maximum absolute atomic E-state index is 11.9. The molecule has 3 atom stereocenters. The van der Waals surface area contributed by atoms with Crippen molar-refractivity contribution in [1.29, 1.82) is 10.5 Å². The summed E-state index contributed by atoms with van der Waals surface area (Å²) in [7, 11) is 0. The number of carbonyl (C=O) groups excluding carboxylic acids is 1. The fraction of sp³-hybridized carbons (Fsp3) is 0.310. The number of rotatable bonds is 9. The molecule has 0 radical (unpaired) electrons. The van der Waals surface area contributed by atoms with Crippen molar-refractivity contribution in [2.45, 2.75) is 45.6 Å². The second-order valence-corrected chi connectivity index (χ2v) is 8.84. The van der Waals surface area contributed by atoms with E-state index in [4.69, 9.17) is 18.9 Å². The molecule has 0 saturated carbocycles. The maximum Gasteiger partial charge on any atom is 0.349 e. The number of aryl methyl sites for hydroxylation is 2. The molecule has 194 valence electrons. The van der Waals surface area contributed by atoms with Gasteiger partial charge < -0.3 is 23.5 Å². The van der Waals surface area contributed by atoms with Crippen LogP contribution in [0.15, 0.2) is 59.7 Å². The summed E-state index contributed by atoms with van der Waals surface area (Å²) in [6.07, 6.45) is 1.40. The van der Waals surface area contributed by atoms with Gasteiger partial charge in [-0.15, -0.1) is 0 Å². The van der Waals surface area contributed by atoms with Crippen molar-refractivity contribution in [2.75, 3.05) is 13.2 Å². The van der Waals surface area contributed by atoms with Crippen LogP contribution in [0.25, 0.3) is 0 Å². The first-order valence-electron chi connectivity index (χ1n) is 12.3. The van der Waals surface area contributed by atoms with E-state index in [0.717, 1.165) is 17.3 Å². The lowest BCUT2D eigenvalue weighted by Crippen LogP contribution is -2.32. The summed E-state index contributed by atoms with van der Waals surface area (Å²) in [6, 6.07) is 19.5. The fourth-order valence-electron chi connectivity index (χ4n) is 4.10. The first kappa shape index (κ1) is 26.5. The molecule has 0 unspecified atom stereocenters. The summed E-state index contributed by atoms with van der Waals surface area (Å²) < 4.78 is 25.2. The minimum absolute atomic E-state index is 0.0482. The number of aromatic nitrogens is 1. The van der Waals surface area contributed by atoms with E-state index < -0.39 is 24.4 Å². The Kier molecular flexibility index (Phi) is 8.42. The van der Waals surface area contributed by atoms with Crippen molar-refractivity contribution < 1.29 is 23.7 Å². The van der Waals surface area contributed by atoms with E-state index in [0.29, 0.717) is 17.9 Å². The third-order valence-corrected chi connectivity index (χ3v) is 6.05. The molecule has 38 heavy (non-hydrogen) atoms. The van der Waals surface area contributed by atoms with Crippen LogP contribution >= 0.6 is 0 Å². The van der Waals surface area contributed by atoms with Gasteiger partial charge in [-0.25, -0.2) is 9.79 Å². The summed E-state index contributed by atoms with van der Waals surface area (Å²) in [5.41, 5.74) is 2.41. The van der Waals surface area contributed by atoms with E-state index in [9.17, 15) is 15.3 Å². The van der Waals surface area contributed by atoms with Gasteiger partial charge in [-0.3, -0.25) is 0 Å². The molecule has 4 rings (SSSR count). The first-order chi connectivity index (χ1) is 18.4. The smallest absolute Gasteiger partial charge is 0.349 e. The summed E-state index contributed by atoms with van der Waals surface area (Å²) in [6.45, 7) is 6.09. The van der Waals surface area contributed by atoms with Crippen molar-refractivity contribution in [3.05, 3.63) is 77.0 Å². The highest BCUT2D eigenvalue weighted by Crippen LogP contribution is 2.37. The molecule has 2 aromatic carbocycles. The number of hydrogen-bond donors (Lipinski definition) is 0. The van der Waals surface area contributed by atoms with Gasteiger partial charge in [0.05, 0.1) is 12.2 Å². The molecule has 3 aromatic rings. The van der Waals surface area contributed by atoms with Crippen LogP contribution in [0.4, 0.5) is 5.82 Å². The lowest BCUT2D eigenvalue weighted by molar-refractivity contribution is -0.134. The molecule has 0 bridgehead atoms. The van der Waals surface area contributed by atoms with Gasteiger partial charge in [-0.05, 0) is 45.0 Å². The summed E-state index contributed by atoms with van der Waals surface area (Å²) in [5.74, 6) is 0.876. The normalized spacial score (nSPS) is 18.6. The lowest BCUT2D eigenvalue weighted by atomic mass is 10.1. The number of aliphatic imine (C=N–C) groups is 1. The van der Waals surface area contributed by atoms with E-state index in [1.54, 1.807) is 11.5 Å². The van der Waals surface area contributed by atoms with E-state index in [1.807, 2.05) is 74.5 Å². The zero-order valence-corrected chi connectivity index (χ0v) is 21.5. The highest BCUT2D eigenvalue weighted by atomic mass is 16.6. The van der Waals surface area contributed by atoms with Crippen molar-refractivity contribution >= 4 is 18.0 Å². The number of nitriles is 2. The average Bonchev–Trinajstić information content (AvgIpc) is 3.48. The molecule has 0 amide bonds. The zero-order chi connectivity index (χ0) is 27.1. The Morgan fingerprint density at radius 2 is 1.74 bits per heavy atom. The van der Waals surface area contributed by atoms with Crippen molar-refractivity contribution in [2.24, 2.45) is 4.99 Å². The van der Waals surface area contributed by atoms with E-state index in [1.165, 1.54) is 6.20 Å². The van der Waals surface area contributed by atoms with Crippen LogP contribution in [0.5, 0.6) is 11.5 Å². The predicted octanol–water partition coefficient (Wildman–Crippen LogP) is 4.93. The van der Waals surface area contributed by atoms with Crippen LogP contribution < -0.4 is 9.47 Å². The Morgan fingerprint density at radius 3 is 2.34 bits per heavy atom. The lowest BCUT2D eigenvalue weighted by Gasteiger charge is -2.20. The van der Waals surface area contributed by atoms with Crippen LogP contribution in [0.2, 0.25) is 0 Å². The molecule has 1 fully saturated rings. The van der Waals surface area contributed by atoms with Crippen LogP contribution in [-0.4, -0.2) is 42.2 Å². The maximum atomic E-state index is 11.9. The van der Waals surface area contributed by atoms with E-state index in [-0.39, 0.29) is 30.2 Å². The molecule has 0 aliphatic carbocycles.